The van der Waals surface area contributed by atoms with Crippen LogP contribution >= 0.6 is 0 Å². The molecule has 1 amide bonds. The third-order valence-electron chi connectivity index (χ3n) is 5.71. The Hall–Kier alpha value is -2.40. The molecule has 2 aromatic rings. The minimum Gasteiger partial charge on any atom is -0.481 e. The number of carboxylic acids is 1. The Balaban J connectivity index is 1.57. The summed E-state index contributed by atoms with van der Waals surface area (Å²) in [6.07, 6.45) is 0.773. The fourth-order valence-corrected chi connectivity index (χ4v) is 4.21. The second kappa shape index (κ2) is 6.15. The monoisotopic (exact) mass is 339 g/mol. The molecule has 5 nitrogen and oxygen atoms in total. The molecule has 0 unspecified atom stereocenters. The maximum Gasteiger partial charge on any atom is 0.311 e. The van der Waals surface area contributed by atoms with Crippen LogP contribution in [0.3, 0.4) is 0 Å². The van der Waals surface area contributed by atoms with Crippen molar-refractivity contribution in [1.29, 1.82) is 0 Å². The molecule has 4 rings (SSSR count). The number of ether oxygens (including phenoxy) is 1. The number of hydrogen-bond donors (Lipinski definition) is 1. The number of benzene rings is 2. The van der Waals surface area contributed by atoms with Gasteiger partial charge in [-0.15, -0.1) is 0 Å². The van der Waals surface area contributed by atoms with E-state index >= 15 is 0 Å². The summed E-state index contributed by atoms with van der Waals surface area (Å²) in [5.41, 5.74) is 0.144. The highest BCUT2D eigenvalue weighted by Gasteiger charge is 2.54. The molecule has 0 aromatic heterocycles. The summed E-state index contributed by atoms with van der Waals surface area (Å²) in [5, 5.41) is 11.9. The molecule has 0 saturated carbocycles. The van der Waals surface area contributed by atoms with Crippen molar-refractivity contribution in [3.05, 3.63) is 48.0 Å². The first-order chi connectivity index (χ1) is 12.1. The van der Waals surface area contributed by atoms with Crippen LogP contribution in [0.25, 0.3) is 10.8 Å². The molecule has 0 bridgehead atoms. The van der Waals surface area contributed by atoms with Crippen molar-refractivity contribution < 1.29 is 19.4 Å². The zero-order chi connectivity index (χ0) is 17.4. The first-order valence-corrected chi connectivity index (χ1v) is 8.66. The van der Waals surface area contributed by atoms with Gasteiger partial charge in [-0.2, -0.15) is 0 Å². The summed E-state index contributed by atoms with van der Waals surface area (Å²) >= 11 is 0. The van der Waals surface area contributed by atoms with Gasteiger partial charge in [-0.3, -0.25) is 9.59 Å². The Morgan fingerprint density at radius 2 is 2.00 bits per heavy atom. The van der Waals surface area contributed by atoms with Crippen molar-refractivity contribution in [3.8, 4) is 0 Å². The smallest absolute Gasteiger partial charge is 0.311 e. The lowest BCUT2D eigenvalue weighted by Crippen LogP contribution is -2.45. The quantitative estimate of drug-likeness (QED) is 0.932. The molecule has 130 valence electrons. The summed E-state index contributed by atoms with van der Waals surface area (Å²) in [6, 6.07) is 14.0. The van der Waals surface area contributed by atoms with Gasteiger partial charge in [0.15, 0.2) is 0 Å². The van der Waals surface area contributed by atoms with Gasteiger partial charge in [0.1, 0.15) is 0 Å². The van der Waals surface area contributed by atoms with Gasteiger partial charge < -0.3 is 14.7 Å². The number of nitrogens with zero attached hydrogens (tertiary/aromatic N) is 1. The van der Waals surface area contributed by atoms with Gasteiger partial charge in [-0.1, -0.05) is 42.5 Å². The van der Waals surface area contributed by atoms with Crippen molar-refractivity contribution in [1.82, 2.24) is 4.90 Å². The van der Waals surface area contributed by atoms with Gasteiger partial charge >= 0.3 is 5.97 Å². The Morgan fingerprint density at radius 3 is 2.80 bits per heavy atom. The van der Waals surface area contributed by atoms with E-state index in [1.165, 1.54) is 0 Å². The topological polar surface area (TPSA) is 66.8 Å². The first kappa shape index (κ1) is 16.1. The standard InChI is InChI=1S/C20H21NO4/c22-18(10-15-6-3-5-14-4-1-2-7-17(14)15)21-11-16-12-25-9-8-20(16,13-21)19(23)24/h1-7,16H,8-13H2,(H,23,24)/t16-,20+/m0/s1. The van der Waals surface area contributed by atoms with Crippen LogP contribution < -0.4 is 0 Å². The van der Waals surface area contributed by atoms with Crippen molar-refractivity contribution in [2.75, 3.05) is 26.3 Å². The van der Waals surface area contributed by atoms with Crippen LogP contribution in [-0.2, 0) is 20.7 Å². The van der Waals surface area contributed by atoms with Gasteiger partial charge in [-0.25, -0.2) is 0 Å². The third kappa shape index (κ3) is 2.68. The van der Waals surface area contributed by atoms with Crippen LogP contribution in [0.15, 0.2) is 42.5 Å². The van der Waals surface area contributed by atoms with Crippen LogP contribution in [0, 0.1) is 11.3 Å². The highest BCUT2D eigenvalue weighted by molar-refractivity contribution is 5.90. The molecule has 1 N–H and O–H groups in total. The Morgan fingerprint density at radius 1 is 1.20 bits per heavy atom. The van der Waals surface area contributed by atoms with Crippen LogP contribution in [0.5, 0.6) is 0 Å². The molecule has 2 atom stereocenters. The molecule has 2 aromatic carbocycles. The predicted molar refractivity (Wildman–Crippen MR) is 93.2 cm³/mol. The minimum atomic E-state index is -0.841. The number of carboxylic acid groups (broad SMARTS) is 1. The number of carbonyl (C=O) groups excluding carboxylic acids is 1. The van der Waals surface area contributed by atoms with E-state index in [1.807, 2.05) is 42.5 Å². The Kier molecular flexibility index (Phi) is 3.96. The molecular formula is C20H21NO4. The van der Waals surface area contributed by atoms with Gasteiger partial charge in [0.25, 0.3) is 0 Å². The SMILES string of the molecule is O=C(Cc1cccc2ccccc12)N1C[C@H]2COCC[C@@]2(C(=O)O)C1. The van der Waals surface area contributed by atoms with Crippen molar-refractivity contribution in [3.63, 3.8) is 0 Å². The molecule has 5 heteroatoms. The van der Waals surface area contributed by atoms with E-state index < -0.39 is 11.4 Å². The lowest BCUT2D eigenvalue weighted by atomic mass is 9.74. The molecular weight excluding hydrogens is 318 g/mol. The number of amides is 1. The molecule has 2 saturated heterocycles. The van der Waals surface area contributed by atoms with Gasteiger partial charge in [0.2, 0.25) is 5.91 Å². The summed E-state index contributed by atoms with van der Waals surface area (Å²) in [7, 11) is 0. The summed E-state index contributed by atoms with van der Waals surface area (Å²) < 4.78 is 5.46. The van der Waals surface area contributed by atoms with E-state index in [2.05, 4.69) is 0 Å². The van der Waals surface area contributed by atoms with E-state index in [0.717, 1.165) is 16.3 Å². The number of rotatable bonds is 3. The molecule has 2 heterocycles. The maximum atomic E-state index is 12.9. The second-order valence-electron chi connectivity index (χ2n) is 7.07. The Labute approximate surface area is 146 Å². The van der Waals surface area contributed by atoms with E-state index in [1.54, 1.807) is 4.90 Å². The third-order valence-corrected chi connectivity index (χ3v) is 5.71. The largest absolute Gasteiger partial charge is 0.481 e. The van der Waals surface area contributed by atoms with E-state index in [4.69, 9.17) is 4.74 Å². The lowest BCUT2D eigenvalue weighted by molar-refractivity contribution is -0.157. The molecule has 0 spiro atoms. The highest BCUT2D eigenvalue weighted by atomic mass is 16.5. The van der Waals surface area contributed by atoms with Crippen LogP contribution in [0.1, 0.15) is 12.0 Å². The number of carbonyl (C=O) groups is 2. The normalized spacial score (nSPS) is 25.8. The molecule has 0 radical (unpaired) electrons. The summed E-state index contributed by atoms with van der Waals surface area (Å²) in [4.78, 5) is 26.4. The zero-order valence-corrected chi connectivity index (χ0v) is 14.0. The second-order valence-corrected chi connectivity index (χ2v) is 7.07. The fraction of sp³-hybridized carbons (Fsp3) is 0.400. The number of likely N-dealkylation sites (tertiary alicyclic amines) is 1. The predicted octanol–water partition coefficient (Wildman–Crippen LogP) is 2.33. The van der Waals surface area contributed by atoms with Crippen molar-refractivity contribution in [2.45, 2.75) is 12.8 Å². The first-order valence-electron chi connectivity index (χ1n) is 8.66. The van der Waals surface area contributed by atoms with Crippen LogP contribution in [0.4, 0.5) is 0 Å². The van der Waals surface area contributed by atoms with Crippen LogP contribution in [0.2, 0.25) is 0 Å². The fourth-order valence-electron chi connectivity index (χ4n) is 4.21. The highest BCUT2D eigenvalue weighted by Crippen LogP contribution is 2.42. The van der Waals surface area contributed by atoms with Crippen molar-refractivity contribution in [2.24, 2.45) is 11.3 Å². The number of fused-ring (bicyclic) bond motifs is 2. The van der Waals surface area contributed by atoms with Gasteiger partial charge in [0.05, 0.1) is 18.4 Å². The number of aliphatic carboxylic acids is 1. The zero-order valence-electron chi connectivity index (χ0n) is 14.0. The molecule has 2 aliphatic heterocycles. The van der Waals surface area contributed by atoms with Gasteiger partial charge in [-0.05, 0) is 22.8 Å². The molecule has 2 fully saturated rings. The van der Waals surface area contributed by atoms with E-state index in [-0.39, 0.29) is 11.8 Å². The van der Waals surface area contributed by atoms with Crippen molar-refractivity contribution >= 4 is 22.6 Å². The lowest BCUT2D eigenvalue weighted by Gasteiger charge is -2.33. The maximum absolute atomic E-state index is 12.9. The average molecular weight is 339 g/mol. The van der Waals surface area contributed by atoms with E-state index in [0.29, 0.717) is 39.1 Å². The molecule has 2 aliphatic rings. The van der Waals surface area contributed by atoms with E-state index in [9.17, 15) is 14.7 Å². The molecule has 0 aliphatic carbocycles. The van der Waals surface area contributed by atoms with Crippen LogP contribution in [-0.4, -0.2) is 48.2 Å². The Bertz CT molecular complexity index is 828. The minimum absolute atomic E-state index is 0.00798. The summed E-state index contributed by atoms with van der Waals surface area (Å²) in [6.45, 7) is 1.63. The van der Waals surface area contributed by atoms with Gasteiger partial charge in [0, 0.05) is 25.6 Å². The summed E-state index contributed by atoms with van der Waals surface area (Å²) in [5.74, 6) is -0.928. The molecule has 25 heavy (non-hydrogen) atoms. The number of hydrogen-bond acceptors (Lipinski definition) is 3. The average Bonchev–Trinajstić information content (AvgIpc) is 3.03.